The van der Waals surface area contributed by atoms with Crippen LogP contribution in [0, 0.1) is 5.92 Å². The molecule has 152 valence electrons. The van der Waals surface area contributed by atoms with Gasteiger partial charge in [0.2, 0.25) is 0 Å². The van der Waals surface area contributed by atoms with Crippen molar-refractivity contribution in [1.29, 1.82) is 0 Å². The number of benzene rings is 2. The van der Waals surface area contributed by atoms with Crippen molar-refractivity contribution in [1.82, 2.24) is 0 Å². The summed E-state index contributed by atoms with van der Waals surface area (Å²) in [6.45, 7) is 4.80. The van der Waals surface area contributed by atoms with Crippen molar-refractivity contribution in [3.63, 3.8) is 0 Å². The Morgan fingerprint density at radius 2 is 1.86 bits per heavy atom. The zero-order chi connectivity index (χ0) is 20.8. The van der Waals surface area contributed by atoms with Crippen LogP contribution in [-0.4, -0.2) is 19.6 Å². The highest BCUT2D eigenvalue weighted by atomic mass is 35.5. The molecule has 0 aliphatic carbocycles. The molecule has 0 spiro atoms. The van der Waals surface area contributed by atoms with E-state index in [0.29, 0.717) is 35.4 Å². The standard InChI is InChI=1S/C23H24ClNO4/c1-15(2)14-28-21-10-4-17(24)12-16(21)13-20-9-11-22(29-20)23(26)25-18-5-7-19(27-3)8-6-18/h4-12,15H,13-14H2,1-3H3,(H,25,26). The molecule has 1 N–H and O–H groups in total. The molecule has 0 unspecified atom stereocenters. The van der Waals surface area contributed by atoms with Crippen LogP contribution in [0.4, 0.5) is 5.69 Å². The zero-order valence-electron chi connectivity index (χ0n) is 16.7. The summed E-state index contributed by atoms with van der Waals surface area (Å²) in [6, 6.07) is 16.1. The van der Waals surface area contributed by atoms with Crippen molar-refractivity contribution in [2.45, 2.75) is 20.3 Å². The number of halogens is 1. The van der Waals surface area contributed by atoms with Crippen molar-refractivity contribution in [2.24, 2.45) is 5.92 Å². The predicted molar refractivity (Wildman–Crippen MR) is 114 cm³/mol. The van der Waals surface area contributed by atoms with E-state index < -0.39 is 0 Å². The number of methoxy groups -OCH3 is 1. The third kappa shape index (κ3) is 5.78. The first-order valence-corrected chi connectivity index (χ1v) is 9.77. The quantitative estimate of drug-likeness (QED) is 0.505. The maximum Gasteiger partial charge on any atom is 0.291 e. The van der Waals surface area contributed by atoms with Crippen LogP contribution in [0.3, 0.4) is 0 Å². The van der Waals surface area contributed by atoms with Gasteiger partial charge < -0.3 is 19.2 Å². The minimum atomic E-state index is -0.316. The van der Waals surface area contributed by atoms with E-state index in [0.717, 1.165) is 17.1 Å². The fraction of sp³-hybridized carbons (Fsp3) is 0.261. The molecule has 1 amide bonds. The first-order valence-electron chi connectivity index (χ1n) is 9.40. The molecular formula is C23H24ClNO4. The van der Waals surface area contributed by atoms with Crippen LogP contribution in [0.25, 0.3) is 0 Å². The molecule has 3 rings (SSSR count). The molecule has 6 heteroatoms. The maximum absolute atomic E-state index is 12.5. The van der Waals surface area contributed by atoms with Crippen LogP contribution >= 0.6 is 11.6 Å². The lowest BCUT2D eigenvalue weighted by Crippen LogP contribution is -2.10. The smallest absolute Gasteiger partial charge is 0.291 e. The van der Waals surface area contributed by atoms with Gasteiger partial charge in [-0.1, -0.05) is 25.4 Å². The minimum absolute atomic E-state index is 0.238. The number of furan rings is 1. The number of carbonyl (C=O) groups is 1. The molecule has 29 heavy (non-hydrogen) atoms. The zero-order valence-corrected chi connectivity index (χ0v) is 17.5. The Labute approximate surface area is 175 Å². The van der Waals surface area contributed by atoms with Gasteiger partial charge in [0.1, 0.15) is 17.3 Å². The van der Waals surface area contributed by atoms with Crippen LogP contribution in [0.15, 0.2) is 59.0 Å². The molecule has 0 saturated heterocycles. The van der Waals surface area contributed by atoms with Gasteiger partial charge in [0.25, 0.3) is 5.91 Å². The number of hydrogen-bond donors (Lipinski definition) is 1. The maximum atomic E-state index is 12.5. The highest BCUT2D eigenvalue weighted by Gasteiger charge is 2.14. The summed E-state index contributed by atoms with van der Waals surface area (Å²) in [5.41, 5.74) is 1.57. The highest BCUT2D eigenvalue weighted by molar-refractivity contribution is 6.30. The molecular weight excluding hydrogens is 390 g/mol. The van der Waals surface area contributed by atoms with Crippen molar-refractivity contribution in [3.05, 3.63) is 76.7 Å². The Hall–Kier alpha value is -2.92. The van der Waals surface area contributed by atoms with E-state index in [1.165, 1.54) is 0 Å². The van der Waals surface area contributed by atoms with Gasteiger partial charge in [-0.25, -0.2) is 0 Å². The van der Waals surface area contributed by atoms with Gasteiger partial charge in [-0.15, -0.1) is 0 Å². The Balaban J connectivity index is 1.69. The highest BCUT2D eigenvalue weighted by Crippen LogP contribution is 2.27. The number of hydrogen-bond acceptors (Lipinski definition) is 4. The second kappa shape index (κ2) is 9.52. The number of anilines is 1. The molecule has 0 aliphatic heterocycles. The molecule has 0 atom stereocenters. The summed E-state index contributed by atoms with van der Waals surface area (Å²) in [7, 11) is 1.59. The van der Waals surface area contributed by atoms with Crippen LogP contribution in [-0.2, 0) is 6.42 Å². The topological polar surface area (TPSA) is 60.7 Å². The molecule has 5 nitrogen and oxygen atoms in total. The van der Waals surface area contributed by atoms with E-state index in [1.54, 1.807) is 49.6 Å². The largest absolute Gasteiger partial charge is 0.497 e. The monoisotopic (exact) mass is 413 g/mol. The Morgan fingerprint density at radius 3 is 2.55 bits per heavy atom. The minimum Gasteiger partial charge on any atom is -0.497 e. The molecule has 0 aliphatic rings. The third-order valence-electron chi connectivity index (χ3n) is 4.19. The van der Waals surface area contributed by atoms with E-state index in [2.05, 4.69) is 19.2 Å². The number of ether oxygens (including phenoxy) is 2. The Kier molecular flexibility index (Phi) is 6.83. The first kappa shape index (κ1) is 20.8. The fourth-order valence-electron chi connectivity index (χ4n) is 2.73. The lowest BCUT2D eigenvalue weighted by atomic mass is 10.1. The predicted octanol–water partition coefficient (Wildman–Crippen LogP) is 5.82. The lowest BCUT2D eigenvalue weighted by molar-refractivity contribution is 0.0995. The Morgan fingerprint density at radius 1 is 1.10 bits per heavy atom. The van der Waals surface area contributed by atoms with E-state index in [1.807, 2.05) is 12.1 Å². The average molecular weight is 414 g/mol. The normalized spacial score (nSPS) is 10.8. The van der Waals surface area contributed by atoms with Gasteiger partial charge in [0.15, 0.2) is 5.76 Å². The van der Waals surface area contributed by atoms with Gasteiger partial charge in [0, 0.05) is 22.7 Å². The van der Waals surface area contributed by atoms with E-state index >= 15 is 0 Å². The van der Waals surface area contributed by atoms with Crippen molar-refractivity contribution >= 4 is 23.2 Å². The summed E-state index contributed by atoms with van der Waals surface area (Å²) in [5.74, 6) is 2.48. The van der Waals surface area contributed by atoms with Crippen molar-refractivity contribution < 1.29 is 18.7 Å². The van der Waals surface area contributed by atoms with Crippen LogP contribution in [0.1, 0.15) is 35.7 Å². The Bertz CT molecular complexity index is 963. The van der Waals surface area contributed by atoms with E-state index in [9.17, 15) is 4.79 Å². The molecule has 0 fully saturated rings. The summed E-state index contributed by atoms with van der Waals surface area (Å²) >= 11 is 6.15. The van der Waals surface area contributed by atoms with Crippen molar-refractivity contribution in [2.75, 3.05) is 19.0 Å². The van der Waals surface area contributed by atoms with Crippen LogP contribution in [0.2, 0.25) is 5.02 Å². The van der Waals surface area contributed by atoms with Gasteiger partial charge in [0.05, 0.1) is 13.7 Å². The van der Waals surface area contributed by atoms with Gasteiger partial charge in [-0.3, -0.25) is 4.79 Å². The molecule has 0 bridgehead atoms. The van der Waals surface area contributed by atoms with Crippen LogP contribution in [0.5, 0.6) is 11.5 Å². The van der Waals surface area contributed by atoms with E-state index in [-0.39, 0.29) is 11.7 Å². The van der Waals surface area contributed by atoms with E-state index in [4.69, 9.17) is 25.5 Å². The van der Waals surface area contributed by atoms with Gasteiger partial charge >= 0.3 is 0 Å². The third-order valence-corrected chi connectivity index (χ3v) is 4.43. The van der Waals surface area contributed by atoms with Gasteiger partial charge in [-0.05, 0) is 60.5 Å². The van der Waals surface area contributed by atoms with Crippen LogP contribution < -0.4 is 14.8 Å². The summed E-state index contributed by atoms with van der Waals surface area (Å²) in [6.07, 6.45) is 0.476. The summed E-state index contributed by atoms with van der Waals surface area (Å²) < 4.78 is 16.8. The SMILES string of the molecule is COc1ccc(NC(=O)c2ccc(Cc3cc(Cl)ccc3OCC(C)C)o2)cc1. The second-order valence-corrected chi connectivity index (χ2v) is 7.52. The molecule has 1 aromatic heterocycles. The molecule has 0 saturated carbocycles. The first-order chi connectivity index (χ1) is 13.9. The number of amides is 1. The molecule has 0 radical (unpaired) electrons. The molecule has 2 aromatic carbocycles. The number of carbonyl (C=O) groups excluding carboxylic acids is 1. The molecule has 3 aromatic rings. The van der Waals surface area contributed by atoms with Crippen molar-refractivity contribution in [3.8, 4) is 11.5 Å². The average Bonchev–Trinajstić information content (AvgIpc) is 3.16. The number of nitrogens with one attached hydrogen (secondary N) is 1. The fourth-order valence-corrected chi connectivity index (χ4v) is 2.93. The number of rotatable bonds is 8. The summed E-state index contributed by atoms with van der Waals surface area (Å²) in [5, 5.41) is 3.43. The summed E-state index contributed by atoms with van der Waals surface area (Å²) in [4.78, 5) is 12.5. The van der Waals surface area contributed by atoms with Gasteiger partial charge in [-0.2, -0.15) is 0 Å². The second-order valence-electron chi connectivity index (χ2n) is 7.08. The molecule has 1 heterocycles. The lowest BCUT2D eigenvalue weighted by Gasteiger charge is -2.13.